The van der Waals surface area contributed by atoms with Gasteiger partial charge in [-0.3, -0.25) is 14.3 Å². The molecule has 0 bridgehead atoms. The lowest BCUT2D eigenvalue weighted by atomic mass is 9.83. The van der Waals surface area contributed by atoms with Crippen molar-refractivity contribution in [2.24, 2.45) is 13.0 Å². The van der Waals surface area contributed by atoms with Crippen molar-refractivity contribution in [1.82, 2.24) is 20.0 Å². The highest BCUT2D eigenvalue weighted by Crippen LogP contribution is 2.38. The molecule has 3 heterocycles. The van der Waals surface area contributed by atoms with E-state index in [0.29, 0.717) is 51.6 Å². The molecular formula is C34H40BrF2N5O3. The molecule has 3 aliphatic rings. The van der Waals surface area contributed by atoms with E-state index in [1.807, 2.05) is 50.4 Å². The third kappa shape index (κ3) is 6.46. The van der Waals surface area contributed by atoms with Crippen molar-refractivity contribution in [3.05, 3.63) is 64.4 Å². The molecule has 1 aliphatic carbocycles. The second-order valence-corrected chi connectivity index (χ2v) is 13.5. The van der Waals surface area contributed by atoms with Crippen molar-refractivity contribution in [2.45, 2.75) is 69.8 Å². The minimum absolute atomic E-state index is 0.00793. The van der Waals surface area contributed by atoms with E-state index in [-0.39, 0.29) is 36.9 Å². The third-order valence-electron chi connectivity index (χ3n) is 9.62. The summed E-state index contributed by atoms with van der Waals surface area (Å²) in [6.45, 7) is 7.16. The number of para-hydroxylation sites is 1. The van der Waals surface area contributed by atoms with E-state index in [1.165, 1.54) is 4.90 Å². The zero-order chi connectivity index (χ0) is 31.9. The number of hydrogen-bond acceptors (Lipinski definition) is 5. The zero-order valence-electron chi connectivity index (χ0n) is 25.8. The number of anilines is 1. The SMILES string of the molecule is C=C1CCC(c2nn(C)c3c(N4CCN(C(=O)C(F)(F)CC5CCC(Oc6cccc(Br)c6C)CC5)CC4)cccc23)C(=O)N1. The molecule has 1 aromatic heterocycles. The van der Waals surface area contributed by atoms with Gasteiger partial charge in [0.15, 0.2) is 0 Å². The Morgan fingerprint density at radius 3 is 2.51 bits per heavy atom. The molecule has 1 atom stereocenters. The highest BCUT2D eigenvalue weighted by atomic mass is 79.9. The van der Waals surface area contributed by atoms with E-state index >= 15 is 8.78 Å². The first-order chi connectivity index (χ1) is 21.5. The first-order valence-electron chi connectivity index (χ1n) is 15.8. The average Bonchev–Trinajstić information content (AvgIpc) is 3.36. The van der Waals surface area contributed by atoms with E-state index in [0.717, 1.165) is 43.8 Å². The molecule has 1 saturated carbocycles. The fourth-order valence-corrected chi connectivity index (χ4v) is 7.42. The van der Waals surface area contributed by atoms with E-state index in [1.54, 1.807) is 4.68 Å². The number of piperazine rings is 1. The number of fused-ring (bicyclic) bond motifs is 1. The monoisotopic (exact) mass is 683 g/mol. The maximum Gasteiger partial charge on any atom is 0.325 e. The highest BCUT2D eigenvalue weighted by Gasteiger charge is 2.45. The van der Waals surface area contributed by atoms with Crippen LogP contribution in [0.5, 0.6) is 5.75 Å². The van der Waals surface area contributed by atoms with Crippen LogP contribution in [-0.2, 0) is 16.6 Å². The Kier molecular flexibility index (Phi) is 8.91. The number of allylic oxidation sites excluding steroid dienone is 1. The molecule has 3 fully saturated rings. The van der Waals surface area contributed by atoms with Crippen molar-refractivity contribution >= 4 is 44.3 Å². The van der Waals surface area contributed by atoms with E-state index < -0.39 is 18.3 Å². The number of aryl methyl sites for hydroxylation is 1. The molecule has 0 radical (unpaired) electrons. The highest BCUT2D eigenvalue weighted by molar-refractivity contribution is 9.10. The molecule has 2 amide bonds. The Morgan fingerprint density at radius 1 is 1.09 bits per heavy atom. The van der Waals surface area contributed by atoms with Crippen LogP contribution >= 0.6 is 15.9 Å². The molecule has 240 valence electrons. The molecule has 3 aromatic rings. The molecule has 0 spiro atoms. The van der Waals surface area contributed by atoms with E-state index in [2.05, 4.69) is 32.7 Å². The number of piperidine rings is 1. The number of benzene rings is 2. The van der Waals surface area contributed by atoms with Gasteiger partial charge in [-0.15, -0.1) is 0 Å². The number of nitrogens with one attached hydrogen (secondary N) is 1. The summed E-state index contributed by atoms with van der Waals surface area (Å²) in [5, 5.41) is 8.48. The van der Waals surface area contributed by atoms with Gasteiger partial charge in [0.25, 0.3) is 5.91 Å². The van der Waals surface area contributed by atoms with Crippen molar-refractivity contribution in [1.29, 1.82) is 0 Å². The Bertz CT molecular complexity index is 1610. The fourth-order valence-electron chi connectivity index (χ4n) is 7.07. The summed E-state index contributed by atoms with van der Waals surface area (Å²) in [6, 6.07) is 11.7. The van der Waals surface area contributed by atoms with Crippen LogP contribution in [0, 0.1) is 12.8 Å². The quantitative estimate of drug-likeness (QED) is 0.309. The lowest BCUT2D eigenvalue weighted by Crippen LogP contribution is -2.53. The van der Waals surface area contributed by atoms with Gasteiger partial charge in [-0.2, -0.15) is 13.9 Å². The number of amides is 2. The van der Waals surface area contributed by atoms with Crippen LogP contribution in [0.3, 0.4) is 0 Å². The molecule has 2 aliphatic heterocycles. The Morgan fingerprint density at radius 2 is 1.80 bits per heavy atom. The van der Waals surface area contributed by atoms with Crippen LogP contribution in [0.15, 0.2) is 53.1 Å². The Hall–Kier alpha value is -3.47. The van der Waals surface area contributed by atoms with E-state index in [4.69, 9.17) is 9.84 Å². The van der Waals surface area contributed by atoms with Crippen molar-refractivity contribution in [3.63, 3.8) is 0 Å². The normalized spacial score (nSPS) is 22.9. The number of carbonyl (C=O) groups is 2. The molecule has 11 heteroatoms. The zero-order valence-corrected chi connectivity index (χ0v) is 27.4. The smallest absolute Gasteiger partial charge is 0.325 e. The second-order valence-electron chi connectivity index (χ2n) is 12.7. The van der Waals surface area contributed by atoms with Gasteiger partial charge in [0, 0.05) is 60.8 Å². The van der Waals surface area contributed by atoms with Crippen LogP contribution < -0.4 is 15.0 Å². The standard InChI is InChI=1S/C34H40BrF2N5O3/c1-21-10-15-26(32(43)38-21)30-25-6-4-8-28(31(25)40(3)39-30)41-16-18-42(19-17-41)33(44)34(36,37)20-23-11-13-24(14-12-23)45-29-9-5-7-27(35)22(29)2/h4-9,23-24,26H,1,10-20H2,2-3H3,(H,38,43). The minimum Gasteiger partial charge on any atom is -0.490 e. The van der Waals surface area contributed by atoms with Gasteiger partial charge in [-0.05, 0) is 69.6 Å². The number of alkyl halides is 2. The van der Waals surface area contributed by atoms with Gasteiger partial charge in [-0.25, -0.2) is 0 Å². The summed E-state index contributed by atoms with van der Waals surface area (Å²) in [5.41, 5.74) is 4.30. The van der Waals surface area contributed by atoms with Crippen LogP contribution in [0.1, 0.15) is 62.1 Å². The number of aromatic nitrogens is 2. The second kappa shape index (κ2) is 12.7. The first-order valence-corrected chi connectivity index (χ1v) is 16.6. The lowest BCUT2D eigenvalue weighted by molar-refractivity contribution is -0.160. The van der Waals surface area contributed by atoms with Crippen molar-refractivity contribution in [3.8, 4) is 5.75 Å². The largest absolute Gasteiger partial charge is 0.490 e. The number of hydrogen-bond donors (Lipinski definition) is 1. The van der Waals surface area contributed by atoms with Gasteiger partial charge in [-0.1, -0.05) is 40.7 Å². The predicted octanol–water partition coefficient (Wildman–Crippen LogP) is 6.46. The molecular weight excluding hydrogens is 644 g/mol. The molecule has 1 unspecified atom stereocenters. The fraction of sp³-hybridized carbons (Fsp3) is 0.500. The van der Waals surface area contributed by atoms with Gasteiger partial charge >= 0.3 is 5.92 Å². The molecule has 8 nitrogen and oxygen atoms in total. The summed E-state index contributed by atoms with van der Waals surface area (Å²) in [7, 11) is 1.86. The van der Waals surface area contributed by atoms with Gasteiger partial charge in [0.1, 0.15) is 5.75 Å². The molecule has 2 saturated heterocycles. The average molecular weight is 685 g/mol. The number of halogens is 3. The molecule has 1 N–H and O–H groups in total. The van der Waals surface area contributed by atoms with Crippen molar-refractivity contribution < 1.29 is 23.1 Å². The Balaban J connectivity index is 1.05. The van der Waals surface area contributed by atoms with Gasteiger partial charge < -0.3 is 19.9 Å². The van der Waals surface area contributed by atoms with Crippen molar-refractivity contribution in [2.75, 3.05) is 31.1 Å². The molecule has 6 rings (SSSR count). The minimum atomic E-state index is -3.40. The number of nitrogens with zero attached hydrogens (tertiary/aromatic N) is 4. The molecule has 45 heavy (non-hydrogen) atoms. The third-order valence-corrected chi connectivity index (χ3v) is 10.5. The van der Waals surface area contributed by atoms with Crippen LogP contribution in [0.25, 0.3) is 10.9 Å². The topological polar surface area (TPSA) is 79.7 Å². The number of ether oxygens (including phenoxy) is 1. The van der Waals surface area contributed by atoms with Gasteiger partial charge in [0.05, 0.1) is 28.9 Å². The summed E-state index contributed by atoms with van der Waals surface area (Å²) in [4.78, 5) is 29.2. The van der Waals surface area contributed by atoms with Crippen LogP contribution in [0.4, 0.5) is 14.5 Å². The van der Waals surface area contributed by atoms with Gasteiger partial charge in [0.2, 0.25) is 5.91 Å². The van der Waals surface area contributed by atoms with E-state index in [9.17, 15) is 9.59 Å². The maximum absolute atomic E-state index is 15.4. The summed E-state index contributed by atoms with van der Waals surface area (Å²) in [6.07, 6.45) is 3.54. The predicted molar refractivity (Wildman–Crippen MR) is 174 cm³/mol. The van der Waals surface area contributed by atoms with Crippen LogP contribution in [0.2, 0.25) is 0 Å². The van der Waals surface area contributed by atoms with Crippen LogP contribution in [-0.4, -0.2) is 64.7 Å². The maximum atomic E-state index is 15.4. The summed E-state index contributed by atoms with van der Waals surface area (Å²) >= 11 is 3.53. The Labute approximate surface area is 270 Å². The molecule has 2 aromatic carbocycles. The summed E-state index contributed by atoms with van der Waals surface area (Å²) in [5.74, 6) is -4.32. The summed E-state index contributed by atoms with van der Waals surface area (Å²) < 4.78 is 39.7. The lowest BCUT2D eigenvalue weighted by Gasteiger charge is -2.38. The number of carbonyl (C=O) groups excluding carboxylic acids is 2. The number of rotatable bonds is 7. The first kappa shape index (κ1) is 31.5.